The maximum absolute atomic E-state index is 12.7. The van der Waals surface area contributed by atoms with E-state index in [4.69, 9.17) is 4.74 Å². The van der Waals surface area contributed by atoms with Crippen molar-refractivity contribution in [2.45, 2.75) is 29.8 Å². The molecule has 7 nitrogen and oxygen atoms in total. The summed E-state index contributed by atoms with van der Waals surface area (Å²) in [7, 11) is -1.21. The molecule has 27 heavy (non-hydrogen) atoms. The van der Waals surface area contributed by atoms with E-state index in [9.17, 15) is 18.3 Å². The van der Waals surface area contributed by atoms with Gasteiger partial charge in [-0.15, -0.1) is 11.3 Å². The van der Waals surface area contributed by atoms with E-state index in [0.29, 0.717) is 17.7 Å². The lowest BCUT2D eigenvalue weighted by Gasteiger charge is -2.34. The number of methoxy groups -OCH3 is 2. The van der Waals surface area contributed by atoms with Gasteiger partial charge in [0.2, 0.25) is 10.0 Å². The molecule has 2 N–H and O–H groups in total. The second-order valence-electron chi connectivity index (χ2n) is 6.34. The van der Waals surface area contributed by atoms with E-state index in [1.807, 2.05) is 6.07 Å². The molecule has 0 amide bonds. The Bertz CT molecular complexity index is 953. The van der Waals surface area contributed by atoms with Crippen molar-refractivity contribution in [3.63, 3.8) is 0 Å². The Hall–Kier alpha value is -1.94. The number of carbonyl (C=O) groups is 1. The third-order valence-electron chi connectivity index (χ3n) is 4.69. The van der Waals surface area contributed by atoms with Crippen molar-refractivity contribution in [1.82, 2.24) is 4.72 Å². The summed E-state index contributed by atoms with van der Waals surface area (Å²) < 4.78 is 37.7. The Kier molecular flexibility index (Phi) is 5.57. The number of esters is 1. The number of hydrogen-bond donors (Lipinski definition) is 2. The van der Waals surface area contributed by atoms with Crippen LogP contribution in [0, 0.1) is 0 Å². The molecular weight excluding hydrogens is 390 g/mol. The molecule has 0 aliphatic heterocycles. The van der Waals surface area contributed by atoms with Crippen molar-refractivity contribution in [2.24, 2.45) is 0 Å². The quantitative estimate of drug-likeness (QED) is 0.706. The second kappa shape index (κ2) is 7.59. The molecular formula is C18H21NO6S2. The molecule has 1 aliphatic carbocycles. The van der Waals surface area contributed by atoms with Crippen molar-refractivity contribution in [3.05, 3.63) is 45.6 Å². The normalized spacial score (nSPS) is 19.4. The Labute approximate surface area is 162 Å². The molecule has 0 bridgehead atoms. The number of aryl methyl sites for hydroxylation is 1. The highest BCUT2D eigenvalue weighted by molar-refractivity contribution is 7.89. The predicted molar refractivity (Wildman–Crippen MR) is 101 cm³/mol. The summed E-state index contributed by atoms with van der Waals surface area (Å²) >= 11 is 0.992. The summed E-state index contributed by atoms with van der Waals surface area (Å²) in [5, 5.41) is 12.6. The van der Waals surface area contributed by atoms with Gasteiger partial charge in [-0.3, -0.25) is 0 Å². The van der Waals surface area contributed by atoms with E-state index < -0.39 is 21.6 Å². The maximum Gasteiger partial charge on any atom is 0.349 e. The highest BCUT2D eigenvalue weighted by Gasteiger charge is 2.36. The molecule has 0 radical (unpaired) electrons. The molecule has 1 aromatic carbocycles. The van der Waals surface area contributed by atoms with Crippen LogP contribution in [0.15, 0.2) is 34.5 Å². The lowest BCUT2D eigenvalue weighted by Crippen LogP contribution is -2.43. The van der Waals surface area contributed by atoms with E-state index in [1.165, 1.54) is 18.6 Å². The summed E-state index contributed by atoms with van der Waals surface area (Å²) in [6.07, 6.45) is 1.95. The zero-order chi connectivity index (χ0) is 19.7. The number of nitrogens with one attached hydrogen (secondary N) is 1. The van der Waals surface area contributed by atoms with Crippen LogP contribution in [-0.4, -0.2) is 40.3 Å². The van der Waals surface area contributed by atoms with Gasteiger partial charge in [-0.2, -0.15) is 0 Å². The van der Waals surface area contributed by atoms with Crippen LogP contribution in [0.2, 0.25) is 0 Å². The van der Waals surface area contributed by atoms with Crippen LogP contribution in [0.1, 0.15) is 33.6 Å². The van der Waals surface area contributed by atoms with E-state index in [1.54, 1.807) is 19.2 Å². The average Bonchev–Trinajstić information content (AvgIpc) is 3.17. The molecule has 0 spiro atoms. The number of aliphatic hydroxyl groups is 1. The molecule has 2 aromatic rings. The molecule has 1 aromatic heterocycles. The van der Waals surface area contributed by atoms with Crippen molar-refractivity contribution in [3.8, 4) is 5.75 Å². The van der Waals surface area contributed by atoms with Gasteiger partial charge in [0.1, 0.15) is 21.1 Å². The van der Waals surface area contributed by atoms with Gasteiger partial charge in [-0.1, -0.05) is 6.07 Å². The number of rotatable bonds is 6. The molecule has 1 atom stereocenters. The molecule has 1 heterocycles. The zero-order valence-corrected chi connectivity index (χ0v) is 16.7. The number of benzene rings is 1. The predicted octanol–water partition coefficient (Wildman–Crippen LogP) is 2.05. The van der Waals surface area contributed by atoms with Gasteiger partial charge in [0.25, 0.3) is 0 Å². The van der Waals surface area contributed by atoms with Gasteiger partial charge in [0, 0.05) is 6.54 Å². The first-order valence-electron chi connectivity index (χ1n) is 8.36. The molecule has 0 unspecified atom stereocenters. The van der Waals surface area contributed by atoms with Gasteiger partial charge in [-0.25, -0.2) is 17.9 Å². The number of ether oxygens (including phenoxy) is 2. The molecule has 146 valence electrons. The summed E-state index contributed by atoms with van der Waals surface area (Å²) in [6.45, 7) is -0.189. The van der Waals surface area contributed by atoms with Gasteiger partial charge >= 0.3 is 5.97 Å². The van der Waals surface area contributed by atoms with Crippen LogP contribution in [0.3, 0.4) is 0 Å². The minimum absolute atomic E-state index is 0.00534. The fourth-order valence-electron chi connectivity index (χ4n) is 3.29. The topological polar surface area (TPSA) is 102 Å². The largest absolute Gasteiger partial charge is 0.497 e. The van der Waals surface area contributed by atoms with E-state index in [-0.39, 0.29) is 16.3 Å². The number of thiophene rings is 1. The van der Waals surface area contributed by atoms with Crippen LogP contribution >= 0.6 is 11.3 Å². The van der Waals surface area contributed by atoms with Crippen LogP contribution in [0.5, 0.6) is 5.75 Å². The lowest BCUT2D eigenvalue weighted by atomic mass is 9.79. The summed E-state index contributed by atoms with van der Waals surface area (Å²) in [4.78, 5) is 11.6. The lowest BCUT2D eigenvalue weighted by molar-refractivity contribution is 0.0242. The van der Waals surface area contributed by atoms with Crippen molar-refractivity contribution >= 4 is 27.3 Å². The molecule has 0 fully saturated rings. The van der Waals surface area contributed by atoms with Gasteiger partial charge < -0.3 is 14.6 Å². The fraction of sp³-hybridized carbons (Fsp3) is 0.389. The first-order chi connectivity index (χ1) is 12.8. The number of hydrogen-bond acceptors (Lipinski definition) is 7. The van der Waals surface area contributed by atoms with Crippen molar-refractivity contribution in [1.29, 1.82) is 0 Å². The Morgan fingerprint density at radius 3 is 2.81 bits per heavy atom. The number of carbonyl (C=O) groups excluding carboxylic acids is 1. The van der Waals surface area contributed by atoms with Gasteiger partial charge in [0.05, 0.1) is 14.2 Å². The standard InChI is InChI=1S/C18H21NO6S2/c1-24-13-5-6-14-12(10-13)4-3-8-18(14,21)11-19-27(22,23)15-7-9-26-16(15)17(20)25-2/h5-7,9-10,19,21H,3-4,8,11H2,1-2H3/t18-/m0/s1. The molecule has 0 saturated carbocycles. The van der Waals surface area contributed by atoms with Crippen molar-refractivity contribution in [2.75, 3.05) is 20.8 Å². The monoisotopic (exact) mass is 411 g/mol. The summed E-state index contributed by atoms with van der Waals surface area (Å²) in [5.74, 6) is -0.0150. The summed E-state index contributed by atoms with van der Waals surface area (Å²) in [6, 6.07) is 6.73. The Morgan fingerprint density at radius 1 is 1.33 bits per heavy atom. The molecule has 9 heteroatoms. The maximum atomic E-state index is 12.7. The first kappa shape index (κ1) is 19.8. The zero-order valence-electron chi connectivity index (χ0n) is 15.0. The smallest absolute Gasteiger partial charge is 0.349 e. The second-order valence-corrected chi connectivity index (χ2v) is 8.99. The van der Waals surface area contributed by atoms with Crippen LogP contribution < -0.4 is 9.46 Å². The Morgan fingerprint density at radius 2 is 2.11 bits per heavy atom. The highest BCUT2D eigenvalue weighted by atomic mass is 32.2. The third kappa shape index (κ3) is 3.86. The van der Waals surface area contributed by atoms with Crippen molar-refractivity contribution < 1.29 is 27.8 Å². The number of fused-ring (bicyclic) bond motifs is 1. The minimum Gasteiger partial charge on any atom is -0.497 e. The highest BCUT2D eigenvalue weighted by Crippen LogP contribution is 2.37. The first-order valence-corrected chi connectivity index (χ1v) is 10.7. The number of sulfonamides is 1. The Balaban J connectivity index is 1.85. The summed E-state index contributed by atoms with van der Waals surface area (Å²) in [5.41, 5.74) is 0.304. The van der Waals surface area contributed by atoms with Gasteiger partial charge in [0.15, 0.2) is 0 Å². The SMILES string of the molecule is COC(=O)c1sccc1S(=O)(=O)NC[C@@]1(O)CCCc2cc(OC)ccc21. The average molecular weight is 412 g/mol. The van der Waals surface area contributed by atoms with E-state index >= 15 is 0 Å². The minimum atomic E-state index is -3.98. The van der Waals surface area contributed by atoms with Crippen LogP contribution in [0.25, 0.3) is 0 Å². The molecule has 0 saturated heterocycles. The molecule has 1 aliphatic rings. The third-order valence-corrected chi connectivity index (χ3v) is 7.16. The molecule has 3 rings (SSSR count). The fourth-order valence-corrected chi connectivity index (χ4v) is 5.71. The van der Waals surface area contributed by atoms with E-state index in [2.05, 4.69) is 9.46 Å². The van der Waals surface area contributed by atoms with E-state index in [0.717, 1.165) is 29.7 Å². The van der Waals surface area contributed by atoms with Crippen LogP contribution in [0.4, 0.5) is 0 Å². The van der Waals surface area contributed by atoms with Gasteiger partial charge in [-0.05, 0) is 54.0 Å². The van der Waals surface area contributed by atoms with Crippen LogP contribution in [-0.2, 0) is 26.8 Å².